The molecule has 148 valence electrons. The molecule has 1 aliphatic rings. The van der Waals surface area contributed by atoms with Gasteiger partial charge in [0.05, 0.1) is 11.7 Å². The minimum Gasteiger partial charge on any atom is -0.343 e. The van der Waals surface area contributed by atoms with Crippen molar-refractivity contribution < 1.29 is 9.59 Å². The Morgan fingerprint density at radius 2 is 1.90 bits per heavy atom. The molecule has 1 heterocycles. The zero-order chi connectivity index (χ0) is 20.4. The third kappa shape index (κ3) is 4.54. The molecule has 3 unspecified atom stereocenters. The van der Waals surface area contributed by atoms with Crippen LogP contribution in [0.15, 0.2) is 60.0 Å². The number of nitrogens with one attached hydrogen (secondary N) is 2. The van der Waals surface area contributed by atoms with Gasteiger partial charge in [0, 0.05) is 28.1 Å². The number of aromatic nitrogens is 1. The van der Waals surface area contributed by atoms with Crippen LogP contribution in [0.4, 0.5) is 5.69 Å². The van der Waals surface area contributed by atoms with Gasteiger partial charge in [-0.25, -0.2) is 4.98 Å². The molecule has 1 fully saturated rings. The van der Waals surface area contributed by atoms with E-state index in [4.69, 9.17) is 0 Å². The third-order valence-electron chi connectivity index (χ3n) is 5.15. The van der Waals surface area contributed by atoms with Crippen LogP contribution in [0.25, 0.3) is 11.3 Å². The first kappa shape index (κ1) is 19.3. The lowest BCUT2D eigenvalue weighted by Gasteiger charge is -2.12. The smallest absolute Gasteiger partial charge is 0.251 e. The number of nitrogens with zero attached hydrogens (tertiary/aromatic N) is 1. The van der Waals surface area contributed by atoms with E-state index in [0.29, 0.717) is 17.2 Å². The van der Waals surface area contributed by atoms with Gasteiger partial charge in [-0.1, -0.05) is 43.3 Å². The molecule has 2 aromatic carbocycles. The lowest BCUT2D eigenvalue weighted by Crippen LogP contribution is -2.26. The summed E-state index contributed by atoms with van der Waals surface area (Å²) >= 11 is 1.53. The van der Waals surface area contributed by atoms with Gasteiger partial charge in [0.2, 0.25) is 5.91 Å². The van der Waals surface area contributed by atoms with E-state index < -0.39 is 0 Å². The van der Waals surface area contributed by atoms with Gasteiger partial charge in [-0.05, 0) is 37.5 Å². The molecule has 3 aromatic rings. The van der Waals surface area contributed by atoms with Crippen molar-refractivity contribution >= 4 is 28.8 Å². The molecule has 1 aromatic heterocycles. The number of benzene rings is 2. The molecule has 1 saturated carbocycles. The van der Waals surface area contributed by atoms with Gasteiger partial charge in [0.1, 0.15) is 5.01 Å². The van der Waals surface area contributed by atoms with Crippen molar-refractivity contribution in [2.45, 2.75) is 26.3 Å². The van der Waals surface area contributed by atoms with Gasteiger partial charge in [0.25, 0.3) is 5.91 Å². The Morgan fingerprint density at radius 3 is 2.62 bits per heavy atom. The van der Waals surface area contributed by atoms with Crippen LogP contribution in [0.5, 0.6) is 0 Å². The van der Waals surface area contributed by atoms with E-state index in [1.807, 2.05) is 42.6 Å². The van der Waals surface area contributed by atoms with Crippen molar-refractivity contribution in [1.29, 1.82) is 0 Å². The minimum atomic E-state index is -0.212. The summed E-state index contributed by atoms with van der Waals surface area (Å²) in [6, 6.07) is 16.8. The van der Waals surface area contributed by atoms with Crippen molar-refractivity contribution in [3.63, 3.8) is 0 Å². The van der Waals surface area contributed by atoms with Gasteiger partial charge < -0.3 is 10.6 Å². The predicted octanol–water partition coefficient (Wildman–Crippen LogP) is 4.90. The SMILES string of the molecule is CC(NC(=O)c1cccc(NC(=O)C2CC2C)c1)c1nc(-c2ccccc2)cs1. The van der Waals surface area contributed by atoms with Crippen LogP contribution in [0.3, 0.4) is 0 Å². The molecule has 29 heavy (non-hydrogen) atoms. The zero-order valence-electron chi connectivity index (χ0n) is 16.4. The van der Waals surface area contributed by atoms with Crippen molar-refractivity contribution in [1.82, 2.24) is 10.3 Å². The number of hydrogen-bond donors (Lipinski definition) is 2. The Hall–Kier alpha value is -2.99. The number of thiazole rings is 1. The number of carbonyl (C=O) groups excluding carboxylic acids is 2. The van der Waals surface area contributed by atoms with Crippen LogP contribution in [-0.2, 0) is 4.79 Å². The Bertz CT molecular complexity index is 1030. The Labute approximate surface area is 174 Å². The van der Waals surface area contributed by atoms with Crippen LogP contribution < -0.4 is 10.6 Å². The highest BCUT2D eigenvalue weighted by molar-refractivity contribution is 7.10. The largest absolute Gasteiger partial charge is 0.343 e. The molecule has 1 aliphatic carbocycles. The highest BCUT2D eigenvalue weighted by atomic mass is 32.1. The summed E-state index contributed by atoms with van der Waals surface area (Å²) in [5.74, 6) is 0.377. The van der Waals surface area contributed by atoms with Crippen LogP contribution in [-0.4, -0.2) is 16.8 Å². The molecule has 5 nitrogen and oxygen atoms in total. The number of rotatable bonds is 6. The molecule has 0 bridgehead atoms. The molecular formula is C23H23N3O2S. The summed E-state index contributed by atoms with van der Waals surface area (Å²) in [7, 11) is 0. The van der Waals surface area contributed by atoms with Gasteiger partial charge in [-0.2, -0.15) is 0 Å². The third-order valence-corrected chi connectivity index (χ3v) is 6.18. The molecule has 3 atom stereocenters. The van der Waals surface area contributed by atoms with E-state index in [-0.39, 0.29) is 23.8 Å². The predicted molar refractivity (Wildman–Crippen MR) is 116 cm³/mol. The fourth-order valence-corrected chi connectivity index (χ4v) is 4.07. The summed E-state index contributed by atoms with van der Waals surface area (Å²) in [6.45, 7) is 3.99. The second-order valence-electron chi connectivity index (χ2n) is 7.52. The topological polar surface area (TPSA) is 71.1 Å². The summed E-state index contributed by atoms with van der Waals surface area (Å²) in [4.78, 5) is 29.5. The lowest BCUT2D eigenvalue weighted by molar-refractivity contribution is -0.117. The van der Waals surface area contributed by atoms with Crippen LogP contribution >= 0.6 is 11.3 Å². The molecular weight excluding hydrogens is 382 g/mol. The molecule has 4 rings (SSSR count). The van der Waals surface area contributed by atoms with E-state index >= 15 is 0 Å². The fourth-order valence-electron chi connectivity index (χ4n) is 3.23. The summed E-state index contributed by atoms with van der Waals surface area (Å²) in [5.41, 5.74) is 3.13. The first-order valence-corrected chi connectivity index (χ1v) is 10.6. The Balaban J connectivity index is 1.41. The summed E-state index contributed by atoms with van der Waals surface area (Å²) < 4.78 is 0. The number of amides is 2. The quantitative estimate of drug-likeness (QED) is 0.613. The highest BCUT2D eigenvalue weighted by Crippen LogP contribution is 2.38. The van der Waals surface area contributed by atoms with E-state index in [0.717, 1.165) is 22.7 Å². The highest BCUT2D eigenvalue weighted by Gasteiger charge is 2.39. The second kappa shape index (κ2) is 8.17. The van der Waals surface area contributed by atoms with Crippen molar-refractivity contribution in [3.05, 3.63) is 70.5 Å². The lowest BCUT2D eigenvalue weighted by atomic mass is 10.1. The first-order valence-electron chi connectivity index (χ1n) is 9.74. The van der Waals surface area contributed by atoms with Crippen molar-refractivity contribution in [3.8, 4) is 11.3 Å². The molecule has 0 radical (unpaired) electrons. The number of anilines is 1. The molecule has 2 amide bonds. The van der Waals surface area contributed by atoms with Crippen molar-refractivity contribution in [2.24, 2.45) is 11.8 Å². The van der Waals surface area contributed by atoms with E-state index in [2.05, 4.69) is 22.5 Å². The maximum absolute atomic E-state index is 12.7. The minimum absolute atomic E-state index is 0.0275. The van der Waals surface area contributed by atoms with Gasteiger partial charge in [0.15, 0.2) is 0 Å². The fraction of sp³-hybridized carbons (Fsp3) is 0.261. The monoisotopic (exact) mass is 405 g/mol. The average molecular weight is 406 g/mol. The number of carbonyl (C=O) groups is 2. The van der Waals surface area contributed by atoms with Crippen molar-refractivity contribution in [2.75, 3.05) is 5.32 Å². The molecule has 6 heteroatoms. The summed E-state index contributed by atoms with van der Waals surface area (Å²) in [5, 5.41) is 8.76. The van der Waals surface area contributed by atoms with E-state index in [9.17, 15) is 9.59 Å². The normalized spacial score (nSPS) is 18.7. The number of hydrogen-bond acceptors (Lipinski definition) is 4. The van der Waals surface area contributed by atoms with Crippen LogP contribution in [0, 0.1) is 11.8 Å². The maximum Gasteiger partial charge on any atom is 0.251 e. The van der Waals surface area contributed by atoms with Gasteiger partial charge >= 0.3 is 0 Å². The molecule has 2 N–H and O–H groups in total. The average Bonchev–Trinajstić information content (AvgIpc) is 3.26. The molecule has 0 aliphatic heterocycles. The summed E-state index contributed by atoms with van der Waals surface area (Å²) in [6.07, 6.45) is 0.933. The zero-order valence-corrected chi connectivity index (χ0v) is 17.2. The van der Waals surface area contributed by atoms with E-state index in [1.54, 1.807) is 24.3 Å². The van der Waals surface area contributed by atoms with Gasteiger partial charge in [-0.3, -0.25) is 9.59 Å². The Kier molecular flexibility index (Phi) is 5.45. The first-order chi connectivity index (χ1) is 14.0. The molecule has 0 spiro atoms. The standard InChI is InChI=1S/C23H23N3O2S/c1-14-11-19(14)22(28)25-18-10-6-9-17(12-18)21(27)24-15(2)23-26-20(13-29-23)16-7-4-3-5-8-16/h3-10,12-15,19H,11H2,1-2H3,(H,24,27)(H,25,28). The maximum atomic E-state index is 12.7. The van der Waals surface area contributed by atoms with Gasteiger partial charge in [-0.15, -0.1) is 11.3 Å². The van der Waals surface area contributed by atoms with Crippen LogP contribution in [0.1, 0.15) is 41.7 Å². The molecule has 0 saturated heterocycles. The van der Waals surface area contributed by atoms with E-state index in [1.165, 1.54) is 11.3 Å². The Morgan fingerprint density at radius 1 is 1.14 bits per heavy atom. The van der Waals surface area contributed by atoms with Crippen LogP contribution in [0.2, 0.25) is 0 Å². The second-order valence-corrected chi connectivity index (χ2v) is 8.41.